The van der Waals surface area contributed by atoms with Crippen LogP contribution in [-0.4, -0.2) is 61.6 Å². The fourth-order valence-corrected chi connectivity index (χ4v) is 5.73. The minimum absolute atomic E-state index is 0.106. The molecule has 1 spiro atoms. The molecule has 2 amide bonds. The molecule has 0 unspecified atom stereocenters. The molecular weight excluding hydrogens is 532 g/mol. The second-order valence-corrected chi connectivity index (χ2v) is 11.0. The number of carbonyl (C=O) groups is 2. The Hall–Kier alpha value is -4.11. The quantitative estimate of drug-likeness (QED) is 0.453. The summed E-state index contributed by atoms with van der Waals surface area (Å²) in [6, 6.07) is 19.0. The first-order valence-electron chi connectivity index (χ1n) is 14.8. The van der Waals surface area contributed by atoms with Crippen LogP contribution in [0.2, 0.25) is 0 Å². The van der Waals surface area contributed by atoms with Gasteiger partial charge in [0.1, 0.15) is 19.0 Å². The summed E-state index contributed by atoms with van der Waals surface area (Å²) < 4.78 is 17.5. The highest BCUT2D eigenvalue weighted by atomic mass is 16.5. The monoisotopic (exact) mass is 572 g/mol. The molecule has 0 aliphatic carbocycles. The summed E-state index contributed by atoms with van der Waals surface area (Å²) in [5, 5.41) is 6.14. The minimum atomic E-state index is -0.417. The van der Waals surface area contributed by atoms with Crippen LogP contribution in [0.5, 0.6) is 17.2 Å². The van der Waals surface area contributed by atoms with Gasteiger partial charge >= 0.3 is 0 Å². The van der Waals surface area contributed by atoms with Gasteiger partial charge in [0.2, 0.25) is 5.91 Å². The van der Waals surface area contributed by atoms with E-state index in [1.807, 2.05) is 42.5 Å². The van der Waals surface area contributed by atoms with Crippen molar-refractivity contribution in [1.82, 2.24) is 20.5 Å². The average molecular weight is 573 g/mol. The number of hydrogen-bond donors (Lipinski definition) is 2. The Morgan fingerprint density at radius 1 is 0.929 bits per heavy atom. The maximum Gasteiger partial charge on any atom is 0.255 e. The number of pyridine rings is 1. The van der Waals surface area contributed by atoms with Crippen LogP contribution >= 0.6 is 0 Å². The molecule has 2 aliphatic rings. The number of nitrogens with zero attached hydrogens (tertiary/aromatic N) is 2. The summed E-state index contributed by atoms with van der Waals surface area (Å²) in [6.07, 6.45) is 5.82. The van der Waals surface area contributed by atoms with Crippen LogP contribution in [0, 0.1) is 5.41 Å². The Bertz CT molecular complexity index is 1340. The number of aromatic nitrogens is 1. The highest BCUT2D eigenvalue weighted by Crippen LogP contribution is 2.38. The molecule has 2 aliphatic heterocycles. The van der Waals surface area contributed by atoms with Crippen molar-refractivity contribution in [2.75, 3.05) is 39.9 Å². The van der Waals surface area contributed by atoms with Crippen molar-refractivity contribution in [3.8, 4) is 17.2 Å². The van der Waals surface area contributed by atoms with Crippen molar-refractivity contribution in [2.24, 2.45) is 5.41 Å². The summed E-state index contributed by atoms with van der Waals surface area (Å²) in [7, 11) is 1.64. The molecule has 2 N–H and O–H groups in total. The lowest BCUT2D eigenvalue weighted by atomic mass is 9.73. The number of para-hydroxylation sites is 1. The molecule has 3 aromatic rings. The first kappa shape index (κ1) is 29.4. The van der Waals surface area contributed by atoms with Gasteiger partial charge in [-0.2, -0.15) is 0 Å². The Morgan fingerprint density at radius 3 is 2.57 bits per heavy atom. The summed E-state index contributed by atoms with van der Waals surface area (Å²) in [5.74, 6) is 1.89. The fourth-order valence-electron chi connectivity index (χ4n) is 5.73. The minimum Gasteiger partial charge on any atom is -0.493 e. The second kappa shape index (κ2) is 14.2. The molecule has 222 valence electrons. The Balaban J connectivity index is 1.19. The number of piperidine rings is 1. The third-order valence-corrected chi connectivity index (χ3v) is 8.18. The number of nitrogens with one attached hydrogen (secondary N) is 2. The van der Waals surface area contributed by atoms with Gasteiger partial charge in [-0.3, -0.25) is 19.5 Å². The van der Waals surface area contributed by atoms with Crippen molar-refractivity contribution in [1.29, 1.82) is 0 Å². The number of ether oxygens (including phenoxy) is 3. The number of rotatable bonds is 6. The molecule has 0 atom stereocenters. The van der Waals surface area contributed by atoms with E-state index >= 15 is 0 Å². The smallest absolute Gasteiger partial charge is 0.255 e. The number of fused-ring (bicyclic) bond motifs is 1. The first-order chi connectivity index (χ1) is 20.6. The number of hydrogen-bond acceptors (Lipinski definition) is 7. The summed E-state index contributed by atoms with van der Waals surface area (Å²) in [6.45, 7) is 4.05. The fraction of sp³-hybridized carbons (Fsp3) is 0.424. The number of carbonyl (C=O) groups excluding carboxylic acids is 2. The van der Waals surface area contributed by atoms with Crippen LogP contribution in [0.15, 0.2) is 66.9 Å². The van der Waals surface area contributed by atoms with Gasteiger partial charge in [0.15, 0.2) is 11.5 Å². The van der Waals surface area contributed by atoms with E-state index in [9.17, 15) is 9.59 Å². The summed E-state index contributed by atoms with van der Waals surface area (Å²) in [4.78, 5) is 33.0. The molecule has 42 heavy (non-hydrogen) atoms. The van der Waals surface area contributed by atoms with E-state index in [1.54, 1.807) is 25.4 Å². The zero-order valence-corrected chi connectivity index (χ0v) is 24.3. The molecule has 2 aromatic carbocycles. The zero-order chi connectivity index (χ0) is 29.2. The predicted octanol–water partition coefficient (Wildman–Crippen LogP) is 4.36. The van der Waals surface area contributed by atoms with Crippen molar-refractivity contribution < 1.29 is 23.8 Å². The van der Waals surface area contributed by atoms with Crippen LogP contribution in [0.3, 0.4) is 0 Å². The lowest BCUT2D eigenvalue weighted by Crippen LogP contribution is -2.49. The highest BCUT2D eigenvalue weighted by molar-refractivity contribution is 5.96. The Kier molecular flexibility index (Phi) is 9.92. The van der Waals surface area contributed by atoms with Crippen molar-refractivity contribution in [3.05, 3.63) is 83.7 Å². The van der Waals surface area contributed by atoms with E-state index in [2.05, 4.69) is 26.6 Å². The number of methoxy groups -OCH3 is 1. The van der Waals surface area contributed by atoms with Crippen molar-refractivity contribution in [2.45, 2.75) is 45.3 Å². The van der Waals surface area contributed by atoms with E-state index in [0.717, 1.165) is 63.0 Å². The van der Waals surface area contributed by atoms with Gasteiger partial charge in [0.05, 0.1) is 30.3 Å². The van der Waals surface area contributed by atoms with Gasteiger partial charge in [-0.05, 0) is 80.7 Å². The standard InChI is InChI=1S/C33H40N4O5/c1-40-29-12-11-25(22-30(29)42-24-26-8-4-6-16-34-26)23-37-19-14-33(15-20-37)13-5-7-17-35-31(38)27-9-2-3-10-28(27)41-21-18-36-32(33)39/h2-4,6,8-12,16,22H,5,7,13-15,17-21,23-24H2,1H3,(H,35,38)(H,36,39). The largest absolute Gasteiger partial charge is 0.493 e. The van der Waals surface area contributed by atoms with E-state index in [4.69, 9.17) is 14.2 Å². The molecule has 0 bridgehead atoms. The zero-order valence-electron chi connectivity index (χ0n) is 24.3. The van der Waals surface area contributed by atoms with E-state index in [-0.39, 0.29) is 11.8 Å². The lowest BCUT2D eigenvalue weighted by molar-refractivity contribution is -0.134. The van der Waals surface area contributed by atoms with E-state index < -0.39 is 5.41 Å². The van der Waals surface area contributed by atoms with E-state index in [1.165, 1.54) is 0 Å². The number of likely N-dealkylation sites (tertiary alicyclic amines) is 1. The molecule has 9 nitrogen and oxygen atoms in total. The topological polar surface area (TPSA) is 102 Å². The van der Waals surface area contributed by atoms with Gasteiger partial charge in [0.25, 0.3) is 5.91 Å². The SMILES string of the molecule is COc1ccc(CN2CCC3(CCCCNC(=O)c4ccccc4OCCNC3=O)CC2)cc1OCc1ccccn1. The molecule has 5 rings (SSSR count). The third kappa shape index (κ3) is 7.39. The van der Waals surface area contributed by atoms with Crippen LogP contribution < -0.4 is 24.8 Å². The summed E-state index contributed by atoms with van der Waals surface area (Å²) >= 11 is 0. The second-order valence-electron chi connectivity index (χ2n) is 11.0. The molecule has 0 radical (unpaired) electrons. The van der Waals surface area contributed by atoms with Gasteiger partial charge in [-0.1, -0.05) is 30.7 Å². The van der Waals surface area contributed by atoms with E-state index in [0.29, 0.717) is 49.1 Å². The number of benzene rings is 2. The summed E-state index contributed by atoms with van der Waals surface area (Å²) in [5.41, 5.74) is 2.09. The maximum atomic E-state index is 13.5. The first-order valence-corrected chi connectivity index (χ1v) is 14.8. The maximum absolute atomic E-state index is 13.5. The third-order valence-electron chi connectivity index (χ3n) is 8.18. The molecule has 3 heterocycles. The Morgan fingerprint density at radius 2 is 1.76 bits per heavy atom. The molecule has 0 saturated carbocycles. The van der Waals surface area contributed by atoms with Crippen LogP contribution in [0.25, 0.3) is 0 Å². The molecule has 1 aromatic heterocycles. The molecule has 1 saturated heterocycles. The number of amides is 2. The Labute approximate surface area is 247 Å². The van der Waals surface area contributed by atoms with Crippen LogP contribution in [-0.2, 0) is 17.9 Å². The average Bonchev–Trinajstić information content (AvgIpc) is 3.03. The highest BCUT2D eigenvalue weighted by Gasteiger charge is 2.40. The van der Waals surface area contributed by atoms with Crippen LogP contribution in [0.4, 0.5) is 0 Å². The van der Waals surface area contributed by atoms with Gasteiger partial charge in [0, 0.05) is 19.3 Å². The molecule has 9 heteroatoms. The van der Waals surface area contributed by atoms with Crippen molar-refractivity contribution >= 4 is 11.8 Å². The van der Waals surface area contributed by atoms with Gasteiger partial charge in [-0.25, -0.2) is 0 Å². The predicted molar refractivity (Wildman–Crippen MR) is 160 cm³/mol. The van der Waals surface area contributed by atoms with Crippen LogP contribution in [0.1, 0.15) is 53.7 Å². The molecular formula is C33H40N4O5. The van der Waals surface area contributed by atoms with Crippen molar-refractivity contribution in [3.63, 3.8) is 0 Å². The lowest BCUT2D eigenvalue weighted by Gasteiger charge is -2.41. The van der Waals surface area contributed by atoms with Gasteiger partial charge < -0.3 is 24.8 Å². The molecule has 1 fully saturated rings. The normalized spacial score (nSPS) is 18.1. The van der Waals surface area contributed by atoms with Gasteiger partial charge in [-0.15, -0.1) is 0 Å².